The van der Waals surface area contributed by atoms with Gasteiger partial charge in [-0.05, 0) is 32.0 Å². The summed E-state index contributed by atoms with van der Waals surface area (Å²) in [5.74, 6) is -0.822. The molecule has 13 nitrogen and oxygen atoms in total. The van der Waals surface area contributed by atoms with Crippen LogP contribution in [0.4, 0.5) is 31.1 Å². The number of alkyl halides is 6. The predicted octanol–water partition coefficient (Wildman–Crippen LogP) is 2.89. The van der Waals surface area contributed by atoms with Gasteiger partial charge in [0.2, 0.25) is 0 Å². The summed E-state index contributed by atoms with van der Waals surface area (Å²) in [6, 6.07) is -3.82. The zero-order valence-electron chi connectivity index (χ0n) is 22.6. The Kier molecular flexibility index (Phi) is 8.36. The van der Waals surface area contributed by atoms with Crippen LogP contribution in [0, 0.1) is 6.92 Å². The van der Waals surface area contributed by atoms with E-state index < -0.39 is 61.2 Å². The molecule has 1 saturated heterocycles. The van der Waals surface area contributed by atoms with Gasteiger partial charge in [-0.25, -0.2) is 18.9 Å². The maximum atomic E-state index is 13.4. The number of aryl methyl sites for hydroxylation is 1. The van der Waals surface area contributed by atoms with E-state index in [0.29, 0.717) is 0 Å². The number of amides is 3. The van der Waals surface area contributed by atoms with Crippen LogP contribution >= 0.6 is 0 Å². The lowest BCUT2D eigenvalue weighted by Gasteiger charge is -2.29. The number of nitrogens with zero attached hydrogens (tertiary/aromatic N) is 6. The number of aromatic nitrogens is 5. The summed E-state index contributed by atoms with van der Waals surface area (Å²) in [4.78, 5) is 30.5. The first-order valence-corrected chi connectivity index (χ1v) is 12.3. The van der Waals surface area contributed by atoms with Crippen LogP contribution in [0.2, 0.25) is 0 Å². The molecular weight excluding hydrogens is 582 g/mol. The number of methoxy groups -OCH3 is 1. The number of imidazole rings is 1. The molecule has 1 aliphatic heterocycles. The molecule has 0 saturated carbocycles. The summed E-state index contributed by atoms with van der Waals surface area (Å²) in [6.07, 6.45) is -6.77. The monoisotopic (exact) mass is 608 g/mol. The van der Waals surface area contributed by atoms with Gasteiger partial charge in [0.1, 0.15) is 11.7 Å². The number of urea groups is 1. The largest absolute Gasteiger partial charge is 0.416 e. The van der Waals surface area contributed by atoms with Crippen LogP contribution in [-0.4, -0.2) is 92.6 Å². The molecule has 3 aromatic heterocycles. The number of halogens is 6. The smallest absolute Gasteiger partial charge is 0.382 e. The zero-order chi connectivity index (χ0) is 31.0. The van der Waals surface area contributed by atoms with Gasteiger partial charge in [-0.2, -0.15) is 31.4 Å². The molecule has 3 aromatic rings. The van der Waals surface area contributed by atoms with E-state index in [2.05, 4.69) is 30.3 Å². The lowest BCUT2D eigenvalue weighted by Crippen LogP contribution is -2.44. The summed E-state index contributed by atoms with van der Waals surface area (Å²) in [6.45, 7) is 1.57. The van der Waals surface area contributed by atoms with Crippen LogP contribution in [-0.2, 0) is 9.47 Å². The van der Waals surface area contributed by atoms with Gasteiger partial charge in [-0.15, -0.1) is 0 Å². The van der Waals surface area contributed by atoms with Gasteiger partial charge in [0.05, 0.1) is 49.9 Å². The van der Waals surface area contributed by atoms with Crippen molar-refractivity contribution in [3.63, 3.8) is 0 Å². The molecule has 0 bridgehead atoms. The number of fused-ring (bicyclic) bond motifs is 1. The fourth-order valence-electron chi connectivity index (χ4n) is 4.03. The predicted molar refractivity (Wildman–Crippen MR) is 128 cm³/mol. The van der Waals surface area contributed by atoms with Crippen molar-refractivity contribution in [1.29, 1.82) is 0 Å². The third-order valence-corrected chi connectivity index (χ3v) is 6.60. The van der Waals surface area contributed by atoms with Crippen molar-refractivity contribution in [1.82, 2.24) is 40.4 Å². The van der Waals surface area contributed by atoms with Crippen LogP contribution in [0.1, 0.15) is 53.4 Å². The maximum Gasteiger partial charge on any atom is 0.416 e. The number of hydrogen-bond acceptors (Lipinski definition) is 9. The van der Waals surface area contributed by atoms with Crippen LogP contribution in [0.3, 0.4) is 0 Å². The van der Waals surface area contributed by atoms with Crippen LogP contribution in [0.15, 0.2) is 23.1 Å². The highest BCUT2D eigenvalue weighted by atomic mass is 19.4. The molecule has 4 heterocycles. The minimum Gasteiger partial charge on any atom is -0.382 e. The van der Waals surface area contributed by atoms with Crippen molar-refractivity contribution < 1.29 is 50.0 Å². The Morgan fingerprint density at radius 3 is 2.50 bits per heavy atom. The second-order valence-electron chi connectivity index (χ2n) is 9.97. The van der Waals surface area contributed by atoms with Gasteiger partial charge in [-0.3, -0.25) is 4.79 Å². The highest BCUT2D eigenvalue weighted by molar-refractivity contribution is 5.93. The van der Waals surface area contributed by atoms with Crippen LogP contribution in [0.5, 0.6) is 0 Å². The third-order valence-electron chi connectivity index (χ3n) is 6.60. The highest BCUT2D eigenvalue weighted by Crippen LogP contribution is 2.34. The van der Waals surface area contributed by atoms with E-state index in [0.717, 1.165) is 18.7 Å². The lowest BCUT2D eigenvalue weighted by atomic mass is 10.1. The first kappa shape index (κ1) is 30.9. The lowest BCUT2D eigenvalue weighted by molar-refractivity contribution is -0.265. The SMILES string of the molecule is COCC(c1cnn2cc(C(COC(C)(C)C(F)(F)F)NC(=O)c3nonc3C)nc2c1)N1CC(C(F)(F)F)NC1=O. The Labute approximate surface area is 233 Å². The van der Waals surface area contributed by atoms with E-state index in [4.69, 9.17) is 9.47 Å². The average molecular weight is 609 g/mol. The van der Waals surface area contributed by atoms with E-state index in [9.17, 15) is 35.9 Å². The minimum absolute atomic E-state index is 0.0411. The van der Waals surface area contributed by atoms with E-state index in [1.54, 1.807) is 0 Å². The van der Waals surface area contributed by atoms with Crippen molar-refractivity contribution in [2.75, 3.05) is 26.9 Å². The van der Waals surface area contributed by atoms with E-state index in [-0.39, 0.29) is 34.9 Å². The second kappa shape index (κ2) is 11.3. The number of carbonyl (C=O) groups is 2. The zero-order valence-corrected chi connectivity index (χ0v) is 22.6. The molecule has 0 aliphatic carbocycles. The topological polar surface area (TPSA) is 149 Å². The first-order chi connectivity index (χ1) is 19.5. The van der Waals surface area contributed by atoms with Crippen molar-refractivity contribution in [2.45, 2.75) is 56.9 Å². The molecule has 0 radical (unpaired) electrons. The molecule has 0 aromatic carbocycles. The number of nitrogens with one attached hydrogen (secondary N) is 2. The molecule has 1 aliphatic rings. The summed E-state index contributed by atoms with van der Waals surface area (Å²) >= 11 is 0. The quantitative estimate of drug-likeness (QED) is 0.332. The average Bonchev–Trinajstić information content (AvgIpc) is 3.61. The minimum atomic E-state index is -4.73. The van der Waals surface area contributed by atoms with Crippen molar-refractivity contribution in [3.8, 4) is 0 Å². The summed E-state index contributed by atoms with van der Waals surface area (Å²) in [7, 11) is 1.31. The molecule has 19 heteroatoms. The van der Waals surface area contributed by atoms with Gasteiger partial charge in [0.25, 0.3) is 5.91 Å². The normalized spacial score (nSPS) is 17.9. The van der Waals surface area contributed by atoms with Gasteiger partial charge >= 0.3 is 18.4 Å². The van der Waals surface area contributed by atoms with Crippen LogP contribution < -0.4 is 10.6 Å². The second-order valence-corrected chi connectivity index (χ2v) is 9.97. The summed E-state index contributed by atoms with van der Waals surface area (Å²) in [5.41, 5.74) is -2.22. The molecule has 42 heavy (non-hydrogen) atoms. The van der Waals surface area contributed by atoms with Crippen molar-refractivity contribution in [2.24, 2.45) is 0 Å². The third kappa shape index (κ3) is 6.40. The first-order valence-electron chi connectivity index (χ1n) is 12.3. The molecule has 4 rings (SSSR count). The van der Waals surface area contributed by atoms with Crippen molar-refractivity contribution in [3.05, 3.63) is 41.1 Å². The van der Waals surface area contributed by atoms with Crippen LogP contribution in [0.25, 0.3) is 5.65 Å². The Morgan fingerprint density at radius 2 is 1.93 bits per heavy atom. The van der Waals surface area contributed by atoms with Crippen molar-refractivity contribution >= 4 is 17.6 Å². The standard InChI is InChI=1S/C23H26F6N8O5/c1-11-18(35-42-34-11)19(38)32-14(9-41-21(2,3)23(27,28)29)13-7-37-17(31-13)5-12(6-30-37)15(10-40-4)36-8-16(22(24,25)26)33-20(36)39/h5-7,14-16H,8-10H2,1-4H3,(H,32,38)(H,33,39). The molecule has 3 unspecified atom stereocenters. The molecular formula is C23H26F6N8O5. The van der Waals surface area contributed by atoms with E-state index in [1.807, 2.05) is 5.32 Å². The molecule has 2 N–H and O–H groups in total. The van der Waals surface area contributed by atoms with Gasteiger partial charge < -0.3 is 25.0 Å². The van der Waals surface area contributed by atoms with Gasteiger partial charge in [0, 0.05) is 12.7 Å². The molecule has 230 valence electrons. The maximum absolute atomic E-state index is 13.4. The number of hydrogen-bond donors (Lipinski definition) is 2. The fourth-order valence-corrected chi connectivity index (χ4v) is 4.03. The molecule has 3 amide bonds. The number of ether oxygens (including phenoxy) is 2. The van der Waals surface area contributed by atoms with E-state index in [1.165, 1.54) is 37.0 Å². The number of rotatable bonds is 10. The Morgan fingerprint density at radius 1 is 1.21 bits per heavy atom. The van der Waals surface area contributed by atoms with Gasteiger partial charge in [0.15, 0.2) is 16.9 Å². The summed E-state index contributed by atoms with van der Waals surface area (Å²) in [5, 5.41) is 15.6. The van der Waals surface area contributed by atoms with Gasteiger partial charge in [-0.1, -0.05) is 5.16 Å². The Balaban J connectivity index is 1.65. The molecule has 1 fully saturated rings. The fraction of sp³-hybridized carbons (Fsp3) is 0.565. The summed E-state index contributed by atoms with van der Waals surface area (Å²) < 4.78 is 96.1. The van der Waals surface area contributed by atoms with E-state index >= 15 is 0 Å². The highest BCUT2D eigenvalue weighted by Gasteiger charge is 2.50. The Hall–Kier alpha value is -4.00. The number of carbonyl (C=O) groups excluding carboxylic acids is 2. The Bertz CT molecular complexity index is 1440. The molecule has 3 atom stereocenters. The molecule has 0 spiro atoms.